The summed E-state index contributed by atoms with van der Waals surface area (Å²) in [5.41, 5.74) is 0.475. The Labute approximate surface area is 126 Å². The molecule has 21 heavy (non-hydrogen) atoms. The molecule has 0 atom stereocenters. The second kappa shape index (κ2) is 5.32. The maximum Gasteiger partial charge on any atom is 0.326 e. The van der Waals surface area contributed by atoms with E-state index in [2.05, 4.69) is 5.32 Å². The van der Waals surface area contributed by atoms with Crippen molar-refractivity contribution >= 4 is 34.2 Å². The van der Waals surface area contributed by atoms with E-state index in [4.69, 9.17) is 0 Å². The van der Waals surface area contributed by atoms with Gasteiger partial charge < -0.3 is 10.4 Å². The molecule has 0 aliphatic carbocycles. The molecule has 0 spiro atoms. The zero-order valence-electron chi connectivity index (χ0n) is 10.7. The van der Waals surface area contributed by atoms with E-state index in [0.29, 0.717) is 28.4 Å². The molecule has 0 radical (unpaired) electrons. The van der Waals surface area contributed by atoms with Crippen LogP contribution in [0.15, 0.2) is 6.07 Å². The lowest BCUT2D eigenvalue weighted by molar-refractivity contribution is -0.117. The second-order valence-corrected chi connectivity index (χ2v) is 6.25. The molecule has 1 aromatic rings. The molecule has 1 aromatic carbocycles. The molecule has 0 bridgehead atoms. The smallest absolute Gasteiger partial charge is 0.326 e. The number of hydrogen-bond donors (Lipinski definition) is 3. The standard InChI is InChI=1S/C11H12FN3O4S.ClH/c12-10-7-4-13-2-1-6(7)3-8(16)11(10)15-5-9(17)14-20(15,18)19;/h3,13,16H,1-2,4-5H2,(H,14,17);1H. The fourth-order valence-electron chi connectivity index (χ4n) is 2.45. The molecule has 2 heterocycles. The van der Waals surface area contributed by atoms with Gasteiger partial charge in [0.05, 0.1) is 0 Å². The Balaban J connectivity index is 0.00000161. The molecule has 3 rings (SSSR count). The van der Waals surface area contributed by atoms with Crippen molar-refractivity contribution in [1.82, 2.24) is 10.0 Å². The number of halogens is 2. The average molecular weight is 338 g/mol. The number of fused-ring (bicyclic) bond motifs is 1. The third-order valence-electron chi connectivity index (χ3n) is 3.36. The van der Waals surface area contributed by atoms with E-state index in [1.807, 2.05) is 0 Å². The van der Waals surface area contributed by atoms with Gasteiger partial charge in [-0.05, 0) is 24.6 Å². The minimum absolute atomic E-state index is 0. The van der Waals surface area contributed by atoms with Gasteiger partial charge in [0, 0.05) is 12.1 Å². The normalized spacial score (nSPS) is 19.7. The van der Waals surface area contributed by atoms with Crippen molar-refractivity contribution in [3.63, 3.8) is 0 Å². The van der Waals surface area contributed by atoms with Crippen molar-refractivity contribution in [1.29, 1.82) is 0 Å². The summed E-state index contributed by atoms with van der Waals surface area (Å²) < 4.78 is 40.3. The number of benzene rings is 1. The van der Waals surface area contributed by atoms with Crippen LogP contribution in [0.2, 0.25) is 0 Å². The Morgan fingerprint density at radius 2 is 2.10 bits per heavy atom. The van der Waals surface area contributed by atoms with E-state index in [-0.39, 0.29) is 19.0 Å². The van der Waals surface area contributed by atoms with E-state index in [9.17, 15) is 22.7 Å². The van der Waals surface area contributed by atoms with Crippen LogP contribution in [0.25, 0.3) is 0 Å². The van der Waals surface area contributed by atoms with Gasteiger partial charge >= 0.3 is 10.2 Å². The molecule has 0 unspecified atom stereocenters. The van der Waals surface area contributed by atoms with E-state index < -0.39 is 39.9 Å². The Morgan fingerprint density at radius 3 is 2.71 bits per heavy atom. The number of phenolic OH excluding ortho intramolecular Hbond substituents is 1. The number of carbonyl (C=O) groups excluding carboxylic acids is 1. The number of carbonyl (C=O) groups is 1. The summed E-state index contributed by atoms with van der Waals surface area (Å²) in [6.07, 6.45) is 0.546. The molecule has 1 fully saturated rings. The molecule has 1 amide bonds. The highest BCUT2D eigenvalue weighted by Crippen LogP contribution is 2.37. The fraction of sp³-hybridized carbons (Fsp3) is 0.364. The van der Waals surface area contributed by atoms with E-state index >= 15 is 0 Å². The largest absolute Gasteiger partial charge is 0.506 e. The third kappa shape index (κ3) is 2.52. The van der Waals surface area contributed by atoms with Gasteiger partial charge in [-0.15, -0.1) is 12.4 Å². The minimum Gasteiger partial charge on any atom is -0.506 e. The van der Waals surface area contributed by atoms with Crippen molar-refractivity contribution in [2.75, 3.05) is 17.4 Å². The number of amides is 1. The Morgan fingerprint density at radius 1 is 1.38 bits per heavy atom. The van der Waals surface area contributed by atoms with Crippen LogP contribution in [0.5, 0.6) is 5.75 Å². The lowest BCUT2D eigenvalue weighted by Gasteiger charge is -2.23. The van der Waals surface area contributed by atoms with Gasteiger partial charge in [-0.2, -0.15) is 8.42 Å². The summed E-state index contributed by atoms with van der Waals surface area (Å²) >= 11 is 0. The predicted octanol–water partition coefficient (Wildman–Crippen LogP) is -0.220. The van der Waals surface area contributed by atoms with Crippen molar-refractivity contribution < 1.29 is 22.7 Å². The Bertz CT molecular complexity index is 710. The predicted molar refractivity (Wildman–Crippen MR) is 75.1 cm³/mol. The van der Waals surface area contributed by atoms with Gasteiger partial charge in [0.1, 0.15) is 18.0 Å². The minimum atomic E-state index is -4.15. The third-order valence-corrected chi connectivity index (χ3v) is 4.73. The number of rotatable bonds is 1. The van der Waals surface area contributed by atoms with Crippen LogP contribution >= 0.6 is 12.4 Å². The SMILES string of the molecule is Cl.O=C1CN(c2c(O)cc3c(c2F)CNCC3)S(=O)(=O)N1. The molecular weight excluding hydrogens is 325 g/mol. The number of hydrogen-bond acceptors (Lipinski definition) is 5. The molecule has 3 N–H and O–H groups in total. The fourth-order valence-corrected chi connectivity index (χ4v) is 3.61. The van der Waals surface area contributed by atoms with Crippen LogP contribution in [0.3, 0.4) is 0 Å². The number of aromatic hydroxyl groups is 1. The van der Waals surface area contributed by atoms with Gasteiger partial charge in [-0.1, -0.05) is 0 Å². The van der Waals surface area contributed by atoms with Gasteiger partial charge in [-0.25, -0.2) is 13.4 Å². The number of anilines is 1. The highest BCUT2D eigenvalue weighted by molar-refractivity contribution is 7.92. The van der Waals surface area contributed by atoms with E-state index in [1.54, 1.807) is 4.72 Å². The molecule has 116 valence electrons. The molecule has 0 aromatic heterocycles. The Kier molecular flexibility index (Phi) is 4.00. The summed E-state index contributed by atoms with van der Waals surface area (Å²) in [4.78, 5) is 11.2. The molecule has 10 heteroatoms. The molecule has 2 aliphatic heterocycles. The summed E-state index contributed by atoms with van der Waals surface area (Å²) in [6, 6.07) is 1.35. The first kappa shape index (κ1) is 15.8. The summed E-state index contributed by atoms with van der Waals surface area (Å²) in [5.74, 6) is -2.06. The van der Waals surface area contributed by atoms with Crippen molar-refractivity contribution in [3.05, 3.63) is 23.0 Å². The lowest BCUT2D eigenvalue weighted by atomic mass is 9.99. The summed E-state index contributed by atoms with van der Waals surface area (Å²) in [5, 5.41) is 12.9. The van der Waals surface area contributed by atoms with Crippen LogP contribution in [0.1, 0.15) is 11.1 Å². The highest BCUT2D eigenvalue weighted by atomic mass is 35.5. The molecule has 7 nitrogen and oxygen atoms in total. The number of phenols is 1. The van der Waals surface area contributed by atoms with Crippen LogP contribution in [0, 0.1) is 5.82 Å². The van der Waals surface area contributed by atoms with Crippen LogP contribution in [-0.2, 0) is 28.0 Å². The van der Waals surface area contributed by atoms with Crippen LogP contribution in [-0.4, -0.2) is 32.5 Å². The van der Waals surface area contributed by atoms with Crippen LogP contribution < -0.4 is 14.3 Å². The molecule has 2 aliphatic rings. The number of nitrogens with one attached hydrogen (secondary N) is 2. The monoisotopic (exact) mass is 337 g/mol. The first-order chi connectivity index (χ1) is 9.40. The second-order valence-electron chi connectivity index (χ2n) is 4.66. The van der Waals surface area contributed by atoms with Crippen molar-refractivity contribution in [2.24, 2.45) is 0 Å². The van der Waals surface area contributed by atoms with Crippen molar-refractivity contribution in [2.45, 2.75) is 13.0 Å². The molecule has 0 saturated carbocycles. The van der Waals surface area contributed by atoms with Gasteiger partial charge in [0.25, 0.3) is 5.91 Å². The first-order valence-electron chi connectivity index (χ1n) is 5.97. The quantitative estimate of drug-likeness (QED) is 0.658. The Hall–Kier alpha value is -1.58. The lowest BCUT2D eigenvalue weighted by Crippen LogP contribution is -2.31. The first-order valence-corrected chi connectivity index (χ1v) is 7.41. The summed E-state index contributed by atoms with van der Waals surface area (Å²) in [7, 11) is -4.15. The van der Waals surface area contributed by atoms with Gasteiger partial charge in [0.15, 0.2) is 5.82 Å². The van der Waals surface area contributed by atoms with E-state index in [0.717, 1.165) is 0 Å². The molecule has 1 saturated heterocycles. The zero-order valence-corrected chi connectivity index (χ0v) is 12.4. The maximum absolute atomic E-state index is 14.5. The van der Waals surface area contributed by atoms with Crippen molar-refractivity contribution in [3.8, 4) is 5.75 Å². The van der Waals surface area contributed by atoms with E-state index in [1.165, 1.54) is 6.07 Å². The maximum atomic E-state index is 14.5. The summed E-state index contributed by atoms with van der Waals surface area (Å²) in [6.45, 7) is 0.371. The van der Waals surface area contributed by atoms with Gasteiger partial charge in [-0.3, -0.25) is 4.79 Å². The topological polar surface area (TPSA) is 98.7 Å². The molecular formula is C11H13ClFN3O4S. The van der Waals surface area contributed by atoms with Gasteiger partial charge in [0.2, 0.25) is 0 Å². The van der Waals surface area contributed by atoms with Crippen LogP contribution in [0.4, 0.5) is 10.1 Å². The highest BCUT2D eigenvalue weighted by Gasteiger charge is 2.38. The number of nitrogens with zero attached hydrogens (tertiary/aromatic N) is 1. The zero-order chi connectivity index (χ0) is 14.5. The average Bonchev–Trinajstić information content (AvgIpc) is 2.63.